The van der Waals surface area contributed by atoms with Crippen molar-refractivity contribution in [3.8, 4) is 17.0 Å². The van der Waals surface area contributed by atoms with Crippen molar-refractivity contribution in [3.05, 3.63) is 60.2 Å². The lowest BCUT2D eigenvalue weighted by Gasteiger charge is -2.32. The third-order valence-electron chi connectivity index (χ3n) is 6.75. The Morgan fingerprint density at radius 3 is 2.49 bits per heavy atom. The van der Waals surface area contributed by atoms with Crippen LogP contribution in [0.1, 0.15) is 32.3 Å². The molecule has 1 aromatic heterocycles. The van der Waals surface area contributed by atoms with Crippen LogP contribution in [0, 0.1) is 12.8 Å². The second kappa shape index (κ2) is 11.2. The van der Waals surface area contributed by atoms with Gasteiger partial charge in [0.2, 0.25) is 5.91 Å². The number of methoxy groups -OCH3 is 1. The van der Waals surface area contributed by atoms with Gasteiger partial charge in [0, 0.05) is 43.1 Å². The zero-order valence-electron chi connectivity index (χ0n) is 21.1. The molecule has 0 bridgehead atoms. The minimum absolute atomic E-state index is 0.0659. The van der Waals surface area contributed by atoms with E-state index in [2.05, 4.69) is 58.2 Å². The number of rotatable bonds is 8. The van der Waals surface area contributed by atoms with E-state index in [1.165, 1.54) is 5.69 Å². The highest BCUT2D eigenvalue weighted by atomic mass is 16.5. The van der Waals surface area contributed by atoms with Gasteiger partial charge in [0.15, 0.2) is 5.82 Å². The zero-order chi connectivity index (χ0) is 24.8. The van der Waals surface area contributed by atoms with Gasteiger partial charge in [-0.2, -0.15) is 0 Å². The Bertz CT molecular complexity index is 1130. The molecule has 184 valence electrons. The Morgan fingerprint density at radius 2 is 1.86 bits per heavy atom. The molecule has 35 heavy (non-hydrogen) atoms. The van der Waals surface area contributed by atoms with Crippen molar-refractivity contribution in [2.75, 3.05) is 48.4 Å². The van der Waals surface area contributed by atoms with Crippen LogP contribution in [-0.4, -0.2) is 49.4 Å². The van der Waals surface area contributed by atoms with Gasteiger partial charge in [0.05, 0.1) is 18.7 Å². The molecule has 0 spiro atoms. The first-order chi connectivity index (χ1) is 17.0. The summed E-state index contributed by atoms with van der Waals surface area (Å²) in [5.74, 6) is 1.59. The van der Waals surface area contributed by atoms with E-state index < -0.39 is 0 Å². The molecule has 1 aliphatic heterocycles. The average molecular weight is 474 g/mol. The number of amides is 1. The van der Waals surface area contributed by atoms with Crippen LogP contribution in [0.25, 0.3) is 11.3 Å². The third-order valence-corrected chi connectivity index (χ3v) is 6.75. The van der Waals surface area contributed by atoms with Crippen molar-refractivity contribution < 1.29 is 9.53 Å². The number of ether oxygens (including phenoxy) is 1. The number of aromatic nitrogens is 2. The molecule has 1 fully saturated rings. The number of hydrogen-bond donors (Lipinski definition) is 1. The Kier molecular flexibility index (Phi) is 7.85. The van der Waals surface area contributed by atoms with Crippen LogP contribution in [0.5, 0.6) is 5.75 Å². The van der Waals surface area contributed by atoms with Crippen LogP contribution in [-0.2, 0) is 4.79 Å². The normalized spacial score (nSPS) is 15.5. The fourth-order valence-corrected chi connectivity index (χ4v) is 4.62. The summed E-state index contributed by atoms with van der Waals surface area (Å²) in [6.07, 6.45) is 1.82. The summed E-state index contributed by atoms with van der Waals surface area (Å²) in [5.41, 5.74) is 4.95. The first-order valence-corrected chi connectivity index (χ1v) is 12.4. The first kappa shape index (κ1) is 24.5. The lowest BCUT2D eigenvalue weighted by atomic mass is 9.96. The first-order valence-electron chi connectivity index (χ1n) is 12.4. The fraction of sp³-hybridized carbons (Fsp3) is 0.393. The van der Waals surface area contributed by atoms with Gasteiger partial charge in [-0.05, 0) is 93.8 Å². The predicted octanol–water partition coefficient (Wildman–Crippen LogP) is 5.16. The minimum atomic E-state index is -0.0892. The number of benzene rings is 2. The summed E-state index contributed by atoms with van der Waals surface area (Å²) < 4.78 is 5.22. The zero-order valence-corrected chi connectivity index (χ0v) is 21.1. The molecule has 1 N–H and O–H groups in total. The monoisotopic (exact) mass is 473 g/mol. The van der Waals surface area contributed by atoms with E-state index in [1.807, 2.05) is 42.5 Å². The van der Waals surface area contributed by atoms with E-state index >= 15 is 0 Å². The minimum Gasteiger partial charge on any atom is -0.497 e. The molecule has 1 aliphatic rings. The molecule has 0 aliphatic carbocycles. The number of hydrogen-bond acceptors (Lipinski definition) is 6. The average Bonchev–Trinajstić information content (AvgIpc) is 2.91. The largest absolute Gasteiger partial charge is 0.497 e. The standard InChI is InChI=1S/C28H35N5O2/c1-5-32(6-2)23-11-14-25(20(3)18-23)29-28(34)22-8-7-17-33(19-22)27-16-15-26(30-31-27)21-9-12-24(35-4)13-10-21/h9-16,18,22H,5-8,17,19H2,1-4H3,(H,29,34). The molecule has 0 saturated carbocycles. The number of carbonyl (C=O) groups is 1. The van der Waals surface area contributed by atoms with Crippen LogP contribution < -0.4 is 19.9 Å². The summed E-state index contributed by atoms with van der Waals surface area (Å²) in [7, 11) is 1.65. The molecule has 0 radical (unpaired) electrons. The van der Waals surface area contributed by atoms with Gasteiger partial charge in [-0.15, -0.1) is 10.2 Å². The molecule has 1 amide bonds. The fourth-order valence-electron chi connectivity index (χ4n) is 4.62. The lowest BCUT2D eigenvalue weighted by molar-refractivity contribution is -0.120. The van der Waals surface area contributed by atoms with E-state index in [4.69, 9.17) is 4.74 Å². The van der Waals surface area contributed by atoms with Crippen LogP contribution in [0.4, 0.5) is 17.2 Å². The molecule has 3 aromatic rings. The molecule has 1 unspecified atom stereocenters. The number of nitrogens with zero attached hydrogens (tertiary/aromatic N) is 4. The number of anilines is 3. The highest BCUT2D eigenvalue weighted by molar-refractivity contribution is 5.94. The maximum absolute atomic E-state index is 13.1. The molecule has 4 rings (SSSR count). The summed E-state index contributed by atoms with van der Waals surface area (Å²) in [6, 6.07) is 18.0. The van der Waals surface area contributed by atoms with Crippen LogP contribution >= 0.6 is 0 Å². The second-order valence-electron chi connectivity index (χ2n) is 8.95. The number of aryl methyl sites for hydroxylation is 1. The van der Waals surface area contributed by atoms with Crippen LogP contribution in [0.2, 0.25) is 0 Å². The Hall–Kier alpha value is -3.61. The molecular formula is C28H35N5O2. The van der Waals surface area contributed by atoms with Crippen molar-refractivity contribution in [3.63, 3.8) is 0 Å². The molecule has 2 aromatic carbocycles. The van der Waals surface area contributed by atoms with Gasteiger partial charge in [-0.3, -0.25) is 4.79 Å². The maximum atomic E-state index is 13.1. The van der Waals surface area contributed by atoms with Gasteiger partial charge < -0.3 is 19.9 Å². The van der Waals surface area contributed by atoms with Crippen LogP contribution in [0.3, 0.4) is 0 Å². The molecular weight excluding hydrogens is 438 g/mol. The summed E-state index contributed by atoms with van der Waals surface area (Å²) in [5, 5.41) is 12.1. The van der Waals surface area contributed by atoms with Crippen molar-refractivity contribution in [2.45, 2.75) is 33.6 Å². The van der Waals surface area contributed by atoms with Crippen molar-refractivity contribution >= 4 is 23.1 Å². The van der Waals surface area contributed by atoms with E-state index in [9.17, 15) is 4.79 Å². The third kappa shape index (κ3) is 5.73. The molecule has 1 atom stereocenters. The molecule has 7 nitrogen and oxygen atoms in total. The van der Waals surface area contributed by atoms with E-state index in [0.717, 1.165) is 66.6 Å². The summed E-state index contributed by atoms with van der Waals surface area (Å²) in [4.78, 5) is 17.6. The predicted molar refractivity (Wildman–Crippen MR) is 142 cm³/mol. The van der Waals surface area contributed by atoms with Crippen LogP contribution in [0.15, 0.2) is 54.6 Å². The van der Waals surface area contributed by atoms with E-state index in [1.54, 1.807) is 7.11 Å². The Balaban J connectivity index is 1.40. The Labute approximate surface area is 208 Å². The van der Waals surface area contributed by atoms with Gasteiger partial charge in [0.25, 0.3) is 0 Å². The van der Waals surface area contributed by atoms with Gasteiger partial charge >= 0.3 is 0 Å². The van der Waals surface area contributed by atoms with Gasteiger partial charge in [-0.1, -0.05) is 0 Å². The van der Waals surface area contributed by atoms with E-state index in [0.29, 0.717) is 6.54 Å². The molecule has 7 heteroatoms. The molecule has 1 saturated heterocycles. The Morgan fingerprint density at radius 1 is 1.09 bits per heavy atom. The second-order valence-corrected chi connectivity index (χ2v) is 8.95. The van der Waals surface area contributed by atoms with Crippen molar-refractivity contribution in [2.24, 2.45) is 5.92 Å². The van der Waals surface area contributed by atoms with Gasteiger partial charge in [-0.25, -0.2) is 0 Å². The summed E-state index contributed by atoms with van der Waals surface area (Å²) in [6.45, 7) is 9.79. The molecule has 2 heterocycles. The van der Waals surface area contributed by atoms with E-state index in [-0.39, 0.29) is 11.8 Å². The smallest absolute Gasteiger partial charge is 0.229 e. The van der Waals surface area contributed by atoms with Gasteiger partial charge in [0.1, 0.15) is 5.75 Å². The lowest BCUT2D eigenvalue weighted by Crippen LogP contribution is -2.41. The topological polar surface area (TPSA) is 70.6 Å². The quantitative estimate of drug-likeness (QED) is 0.487. The number of carbonyl (C=O) groups excluding carboxylic acids is 1. The summed E-state index contributed by atoms with van der Waals surface area (Å²) >= 11 is 0. The number of piperidine rings is 1. The van der Waals surface area contributed by atoms with Crippen molar-refractivity contribution in [1.82, 2.24) is 10.2 Å². The highest BCUT2D eigenvalue weighted by Gasteiger charge is 2.27. The maximum Gasteiger partial charge on any atom is 0.229 e. The number of nitrogens with one attached hydrogen (secondary N) is 1. The SMILES string of the molecule is CCN(CC)c1ccc(NC(=O)C2CCCN(c3ccc(-c4ccc(OC)cc4)nn3)C2)c(C)c1. The van der Waals surface area contributed by atoms with Crippen molar-refractivity contribution in [1.29, 1.82) is 0 Å². The highest BCUT2D eigenvalue weighted by Crippen LogP contribution is 2.27.